The predicted molar refractivity (Wildman–Crippen MR) is 57.3 cm³/mol. The minimum atomic E-state index is -0.292. The Kier molecular flexibility index (Phi) is 2.58. The van der Waals surface area contributed by atoms with Crippen LogP contribution in [0.15, 0.2) is 36.7 Å². The summed E-state index contributed by atoms with van der Waals surface area (Å²) in [5, 5.41) is 12.4. The van der Waals surface area contributed by atoms with Crippen molar-refractivity contribution in [2.24, 2.45) is 0 Å². The maximum atomic E-state index is 10.3. The van der Waals surface area contributed by atoms with Gasteiger partial charge >= 0.3 is 0 Å². The number of aromatic nitrogens is 1. The van der Waals surface area contributed by atoms with Gasteiger partial charge in [-0.3, -0.25) is 15.1 Å². The first-order chi connectivity index (χ1) is 7.27. The molecule has 0 unspecified atom stereocenters. The zero-order valence-electron chi connectivity index (χ0n) is 8.09. The molecular formula is C11H10N2O2. The van der Waals surface area contributed by atoms with Crippen molar-refractivity contribution in [1.82, 2.24) is 4.98 Å². The van der Waals surface area contributed by atoms with Crippen LogP contribution >= 0.6 is 0 Å². The maximum Gasteiger partial charge on any atom is 0.207 e. The molecule has 0 atom stereocenters. The number of hydrogen-bond acceptors (Lipinski definition) is 3. The Morgan fingerprint density at radius 2 is 2.20 bits per heavy atom. The van der Waals surface area contributed by atoms with Gasteiger partial charge in [0.15, 0.2) is 0 Å². The summed E-state index contributed by atoms with van der Waals surface area (Å²) in [7, 11) is 0. The minimum Gasteiger partial charge on any atom is -0.265 e. The summed E-state index contributed by atoms with van der Waals surface area (Å²) in [5.74, 6) is 0. The second-order valence-corrected chi connectivity index (χ2v) is 3.32. The van der Waals surface area contributed by atoms with Gasteiger partial charge in [0.05, 0.1) is 0 Å². The van der Waals surface area contributed by atoms with Crippen LogP contribution in [-0.4, -0.2) is 16.5 Å². The summed E-state index contributed by atoms with van der Waals surface area (Å²) in [6, 6.07) is 7.67. The molecule has 0 spiro atoms. The van der Waals surface area contributed by atoms with Gasteiger partial charge in [0.25, 0.3) is 0 Å². The normalized spacial score (nSPS) is 10.4. The van der Waals surface area contributed by atoms with Gasteiger partial charge in [0.2, 0.25) is 6.54 Å². The van der Waals surface area contributed by atoms with E-state index >= 15 is 0 Å². The highest BCUT2D eigenvalue weighted by Gasteiger charge is 2.03. The first kappa shape index (κ1) is 9.58. The molecule has 0 radical (unpaired) electrons. The third-order valence-corrected chi connectivity index (χ3v) is 2.33. The van der Waals surface area contributed by atoms with Gasteiger partial charge in [0, 0.05) is 29.1 Å². The Labute approximate surface area is 86.7 Å². The molecule has 2 rings (SSSR count). The molecule has 4 nitrogen and oxygen atoms in total. The van der Waals surface area contributed by atoms with Gasteiger partial charge in [-0.05, 0) is 17.0 Å². The third kappa shape index (κ3) is 2.10. The van der Waals surface area contributed by atoms with E-state index in [9.17, 15) is 10.1 Å². The standard InChI is InChI=1S/C11H10N2O2/c14-13(15)7-5-9-2-1-3-10-8-12-6-4-11(9)10/h1-4,6,8H,5,7H2. The van der Waals surface area contributed by atoms with E-state index in [2.05, 4.69) is 4.98 Å². The summed E-state index contributed by atoms with van der Waals surface area (Å²) in [6.45, 7) is -0.0264. The van der Waals surface area contributed by atoms with Crippen molar-refractivity contribution < 1.29 is 4.92 Å². The Morgan fingerprint density at radius 3 is 3.00 bits per heavy atom. The largest absolute Gasteiger partial charge is 0.265 e. The SMILES string of the molecule is O=[N+]([O-])CCc1cccc2cnccc12. The maximum absolute atomic E-state index is 10.3. The van der Waals surface area contributed by atoms with Crippen molar-refractivity contribution in [2.45, 2.75) is 6.42 Å². The molecule has 15 heavy (non-hydrogen) atoms. The van der Waals surface area contributed by atoms with Crippen molar-refractivity contribution >= 4 is 10.8 Å². The molecule has 1 heterocycles. The monoisotopic (exact) mass is 202 g/mol. The molecule has 0 aliphatic heterocycles. The average molecular weight is 202 g/mol. The lowest BCUT2D eigenvalue weighted by Gasteiger charge is -2.02. The Balaban J connectivity index is 2.38. The van der Waals surface area contributed by atoms with Gasteiger partial charge in [-0.25, -0.2) is 0 Å². The molecule has 0 saturated heterocycles. The van der Waals surface area contributed by atoms with Crippen LogP contribution in [0.4, 0.5) is 0 Å². The van der Waals surface area contributed by atoms with Crippen molar-refractivity contribution in [3.63, 3.8) is 0 Å². The quantitative estimate of drug-likeness (QED) is 0.565. The molecule has 0 amide bonds. The average Bonchev–Trinajstić information content (AvgIpc) is 2.26. The van der Waals surface area contributed by atoms with Crippen molar-refractivity contribution in [1.29, 1.82) is 0 Å². The summed E-state index contributed by atoms with van der Waals surface area (Å²) in [6.07, 6.45) is 3.94. The lowest BCUT2D eigenvalue weighted by molar-refractivity contribution is -0.479. The van der Waals surface area contributed by atoms with Crippen LogP contribution in [0.2, 0.25) is 0 Å². The van der Waals surface area contributed by atoms with Crippen LogP contribution in [0.5, 0.6) is 0 Å². The van der Waals surface area contributed by atoms with Crippen LogP contribution in [0.3, 0.4) is 0 Å². The van der Waals surface area contributed by atoms with Crippen LogP contribution in [0.1, 0.15) is 5.56 Å². The van der Waals surface area contributed by atoms with Crippen LogP contribution in [0.25, 0.3) is 10.8 Å². The molecule has 0 fully saturated rings. The second kappa shape index (κ2) is 4.04. The molecule has 2 aromatic rings. The second-order valence-electron chi connectivity index (χ2n) is 3.32. The first-order valence-corrected chi connectivity index (χ1v) is 4.71. The van der Waals surface area contributed by atoms with Crippen molar-refractivity contribution in [3.05, 3.63) is 52.3 Å². The molecule has 0 saturated carbocycles. The first-order valence-electron chi connectivity index (χ1n) is 4.71. The van der Waals surface area contributed by atoms with Gasteiger partial charge in [-0.2, -0.15) is 0 Å². The zero-order chi connectivity index (χ0) is 10.7. The van der Waals surface area contributed by atoms with E-state index in [1.807, 2.05) is 24.3 Å². The molecule has 0 N–H and O–H groups in total. The number of nitrogens with zero attached hydrogens (tertiary/aromatic N) is 2. The highest BCUT2D eigenvalue weighted by atomic mass is 16.6. The fourth-order valence-corrected chi connectivity index (χ4v) is 1.62. The van der Waals surface area contributed by atoms with Crippen LogP contribution < -0.4 is 0 Å². The Morgan fingerprint density at radius 1 is 1.33 bits per heavy atom. The van der Waals surface area contributed by atoms with Gasteiger partial charge in [-0.1, -0.05) is 18.2 Å². The topological polar surface area (TPSA) is 56.0 Å². The van der Waals surface area contributed by atoms with E-state index in [1.54, 1.807) is 12.4 Å². The summed E-state index contributed by atoms with van der Waals surface area (Å²) >= 11 is 0. The fourth-order valence-electron chi connectivity index (χ4n) is 1.62. The fraction of sp³-hybridized carbons (Fsp3) is 0.182. The number of fused-ring (bicyclic) bond motifs is 1. The van der Waals surface area contributed by atoms with Gasteiger partial charge in [-0.15, -0.1) is 0 Å². The Bertz CT molecular complexity index is 491. The molecule has 0 aliphatic rings. The van der Waals surface area contributed by atoms with Gasteiger partial charge in [0.1, 0.15) is 0 Å². The molecule has 0 bridgehead atoms. The van der Waals surface area contributed by atoms with E-state index < -0.39 is 0 Å². The smallest absolute Gasteiger partial charge is 0.207 e. The number of benzene rings is 1. The molecule has 4 heteroatoms. The van der Waals surface area contributed by atoms with E-state index in [4.69, 9.17) is 0 Å². The Hall–Kier alpha value is -1.97. The van der Waals surface area contributed by atoms with E-state index in [-0.39, 0.29) is 11.5 Å². The number of rotatable bonds is 3. The summed E-state index contributed by atoms with van der Waals surface area (Å²) < 4.78 is 0. The summed E-state index contributed by atoms with van der Waals surface area (Å²) in [4.78, 5) is 14.0. The lowest BCUT2D eigenvalue weighted by atomic mass is 10.0. The molecular weight excluding hydrogens is 192 g/mol. The van der Waals surface area contributed by atoms with E-state index in [1.165, 1.54) is 0 Å². The molecule has 1 aromatic heterocycles. The molecule has 76 valence electrons. The van der Waals surface area contributed by atoms with Crippen LogP contribution in [-0.2, 0) is 6.42 Å². The van der Waals surface area contributed by atoms with E-state index in [0.717, 1.165) is 16.3 Å². The molecule has 1 aromatic carbocycles. The molecule has 0 aliphatic carbocycles. The van der Waals surface area contributed by atoms with Crippen LogP contribution in [0, 0.1) is 10.1 Å². The summed E-state index contributed by atoms with van der Waals surface area (Å²) in [5.41, 5.74) is 1.01. The highest BCUT2D eigenvalue weighted by Crippen LogP contribution is 2.17. The minimum absolute atomic E-state index is 0.0264. The number of nitro groups is 1. The van der Waals surface area contributed by atoms with Crippen molar-refractivity contribution in [2.75, 3.05) is 6.54 Å². The lowest BCUT2D eigenvalue weighted by Crippen LogP contribution is -2.04. The van der Waals surface area contributed by atoms with Gasteiger partial charge < -0.3 is 0 Å². The number of pyridine rings is 1. The number of hydrogen-bond donors (Lipinski definition) is 0. The predicted octanol–water partition coefficient (Wildman–Crippen LogP) is 2.05. The third-order valence-electron chi connectivity index (χ3n) is 2.33. The van der Waals surface area contributed by atoms with Crippen molar-refractivity contribution in [3.8, 4) is 0 Å². The zero-order valence-corrected chi connectivity index (χ0v) is 8.09. The van der Waals surface area contributed by atoms with E-state index in [0.29, 0.717) is 6.42 Å². The highest BCUT2D eigenvalue weighted by molar-refractivity contribution is 5.84.